The Kier molecular flexibility index (Phi) is 8.96. The summed E-state index contributed by atoms with van der Waals surface area (Å²) in [7, 11) is 0. The van der Waals surface area contributed by atoms with Gasteiger partial charge in [0, 0.05) is 0 Å². The van der Waals surface area contributed by atoms with Crippen molar-refractivity contribution in [2.75, 3.05) is 6.61 Å². The Morgan fingerprint density at radius 1 is 0.875 bits per heavy atom. The van der Waals surface area contributed by atoms with E-state index in [1.165, 1.54) is 0 Å². The van der Waals surface area contributed by atoms with Crippen molar-refractivity contribution in [1.29, 1.82) is 0 Å². The molecule has 0 spiro atoms. The minimum Gasteiger partial charge on any atom is -0.390 e. The normalized spacial score (nSPS) is 15.8. The van der Waals surface area contributed by atoms with Gasteiger partial charge in [-0.2, -0.15) is 0 Å². The highest BCUT2D eigenvalue weighted by atomic mass is 16.5. The molecule has 0 amide bonds. The second-order valence-electron chi connectivity index (χ2n) is 4.76. The molecule has 2 atom stereocenters. The molecule has 0 fully saturated rings. The van der Waals surface area contributed by atoms with E-state index in [1.807, 2.05) is 0 Å². The average Bonchev–Trinajstić information content (AvgIpc) is 2.29. The lowest BCUT2D eigenvalue weighted by atomic mass is 9.96. The number of hydrogen-bond donors (Lipinski definition) is 1. The Morgan fingerprint density at radius 3 is 1.69 bits per heavy atom. The van der Waals surface area contributed by atoms with Crippen LogP contribution in [0.15, 0.2) is 0 Å². The van der Waals surface area contributed by atoms with Crippen LogP contribution in [-0.4, -0.2) is 23.9 Å². The van der Waals surface area contributed by atoms with Crippen molar-refractivity contribution in [1.82, 2.24) is 0 Å². The van der Waals surface area contributed by atoms with Crippen molar-refractivity contribution in [2.24, 2.45) is 11.8 Å². The molecule has 16 heavy (non-hydrogen) atoms. The van der Waals surface area contributed by atoms with E-state index in [1.54, 1.807) is 0 Å². The Labute approximate surface area is 101 Å². The summed E-state index contributed by atoms with van der Waals surface area (Å²) in [5, 5.41) is 9.96. The van der Waals surface area contributed by atoms with Crippen molar-refractivity contribution >= 4 is 0 Å². The van der Waals surface area contributed by atoms with Crippen molar-refractivity contribution in [3.63, 3.8) is 0 Å². The molecule has 2 unspecified atom stereocenters. The maximum atomic E-state index is 9.96. The van der Waals surface area contributed by atoms with E-state index < -0.39 is 0 Å². The molecule has 0 saturated heterocycles. The van der Waals surface area contributed by atoms with Crippen LogP contribution in [-0.2, 0) is 4.74 Å². The van der Waals surface area contributed by atoms with Gasteiger partial charge < -0.3 is 9.84 Å². The van der Waals surface area contributed by atoms with Gasteiger partial charge in [0.25, 0.3) is 0 Å². The van der Waals surface area contributed by atoms with E-state index in [9.17, 15) is 5.11 Å². The summed E-state index contributed by atoms with van der Waals surface area (Å²) in [5.74, 6) is 1.00. The summed E-state index contributed by atoms with van der Waals surface area (Å²) in [6, 6.07) is 0. The number of hydrogen-bond acceptors (Lipinski definition) is 2. The summed E-state index contributed by atoms with van der Waals surface area (Å²) >= 11 is 0. The molecule has 0 aliphatic rings. The topological polar surface area (TPSA) is 29.5 Å². The van der Waals surface area contributed by atoms with Crippen LogP contribution in [0, 0.1) is 11.8 Å². The van der Waals surface area contributed by atoms with Crippen LogP contribution >= 0.6 is 0 Å². The van der Waals surface area contributed by atoms with Crippen molar-refractivity contribution in [3.05, 3.63) is 0 Å². The fourth-order valence-corrected chi connectivity index (χ4v) is 2.31. The van der Waals surface area contributed by atoms with Gasteiger partial charge in [-0.25, -0.2) is 0 Å². The average molecular weight is 230 g/mol. The molecule has 0 heterocycles. The molecule has 0 rings (SSSR count). The SMILES string of the molecule is CCC(CC)C(O)COC(C)C(CC)CC. The van der Waals surface area contributed by atoms with Gasteiger partial charge in [-0.15, -0.1) is 0 Å². The van der Waals surface area contributed by atoms with Gasteiger partial charge in [0.1, 0.15) is 0 Å². The van der Waals surface area contributed by atoms with Crippen molar-refractivity contribution in [3.8, 4) is 0 Å². The first-order valence-corrected chi connectivity index (χ1v) is 6.90. The first-order chi connectivity index (χ1) is 7.60. The molecular weight excluding hydrogens is 200 g/mol. The first kappa shape index (κ1) is 15.9. The van der Waals surface area contributed by atoms with Gasteiger partial charge >= 0.3 is 0 Å². The summed E-state index contributed by atoms with van der Waals surface area (Å²) < 4.78 is 5.78. The third kappa shape index (κ3) is 5.31. The Morgan fingerprint density at radius 2 is 1.31 bits per heavy atom. The van der Waals surface area contributed by atoms with Crippen LogP contribution in [0.25, 0.3) is 0 Å². The molecule has 0 aromatic rings. The molecule has 98 valence electrons. The first-order valence-electron chi connectivity index (χ1n) is 6.90. The monoisotopic (exact) mass is 230 g/mol. The second-order valence-corrected chi connectivity index (χ2v) is 4.76. The summed E-state index contributed by atoms with van der Waals surface area (Å²) in [6.45, 7) is 11.3. The molecule has 1 N–H and O–H groups in total. The lowest BCUT2D eigenvalue weighted by Crippen LogP contribution is -2.29. The lowest BCUT2D eigenvalue weighted by molar-refractivity contribution is -0.0469. The predicted molar refractivity (Wildman–Crippen MR) is 69.6 cm³/mol. The zero-order valence-corrected chi connectivity index (χ0v) is 11.7. The standard InChI is InChI=1S/C14H30O2/c1-6-12(7-2)11(5)16-10-14(15)13(8-3)9-4/h11-15H,6-10H2,1-5H3. The van der Waals surface area contributed by atoms with E-state index in [0.717, 1.165) is 25.7 Å². The third-order valence-electron chi connectivity index (χ3n) is 3.84. The van der Waals surface area contributed by atoms with E-state index in [-0.39, 0.29) is 12.2 Å². The van der Waals surface area contributed by atoms with Gasteiger partial charge in [0.05, 0.1) is 18.8 Å². The smallest absolute Gasteiger partial charge is 0.0801 e. The maximum Gasteiger partial charge on any atom is 0.0801 e. The van der Waals surface area contributed by atoms with Crippen LogP contribution < -0.4 is 0 Å². The highest BCUT2D eigenvalue weighted by molar-refractivity contribution is 4.68. The highest BCUT2D eigenvalue weighted by Crippen LogP contribution is 2.18. The zero-order valence-electron chi connectivity index (χ0n) is 11.7. The molecule has 0 aliphatic heterocycles. The summed E-state index contributed by atoms with van der Waals surface area (Å²) in [5.41, 5.74) is 0. The molecule has 0 bridgehead atoms. The molecule has 0 aromatic carbocycles. The van der Waals surface area contributed by atoms with Crippen LogP contribution in [0.3, 0.4) is 0 Å². The van der Waals surface area contributed by atoms with E-state index >= 15 is 0 Å². The molecule has 0 aliphatic carbocycles. The van der Waals surface area contributed by atoms with E-state index in [0.29, 0.717) is 18.4 Å². The fourth-order valence-electron chi connectivity index (χ4n) is 2.31. The van der Waals surface area contributed by atoms with Gasteiger partial charge in [-0.3, -0.25) is 0 Å². The molecular formula is C14H30O2. The Hall–Kier alpha value is -0.0800. The molecule has 0 aromatic heterocycles. The van der Waals surface area contributed by atoms with Crippen molar-refractivity contribution in [2.45, 2.75) is 72.5 Å². The third-order valence-corrected chi connectivity index (χ3v) is 3.84. The van der Waals surface area contributed by atoms with E-state index in [2.05, 4.69) is 34.6 Å². The van der Waals surface area contributed by atoms with Crippen molar-refractivity contribution < 1.29 is 9.84 Å². The minimum atomic E-state index is -0.299. The van der Waals surface area contributed by atoms with Gasteiger partial charge in [0.2, 0.25) is 0 Å². The number of ether oxygens (including phenoxy) is 1. The number of aliphatic hydroxyl groups excluding tert-OH is 1. The second kappa shape index (κ2) is 9.00. The van der Waals surface area contributed by atoms with Gasteiger partial charge in [-0.05, 0) is 18.8 Å². The Balaban J connectivity index is 3.93. The minimum absolute atomic E-state index is 0.263. The van der Waals surface area contributed by atoms with Crippen LogP contribution in [0.1, 0.15) is 60.3 Å². The van der Waals surface area contributed by atoms with E-state index in [4.69, 9.17) is 4.74 Å². The largest absolute Gasteiger partial charge is 0.390 e. The lowest BCUT2D eigenvalue weighted by Gasteiger charge is -2.25. The summed E-state index contributed by atoms with van der Waals surface area (Å²) in [4.78, 5) is 0. The van der Waals surface area contributed by atoms with Crippen LogP contribution in [0.5, 0.6) is 0 Å². The fraction of sp³-hybridized carbons (Fsp3) is 1.00. The van der Waals surface area contributed by atoms with Gasteiger partial charge in [-0.1, -0.05) is 53.4 Å². The van der Waals surface area contributed by atoms with Crippen LogP contribution in [0.2, 0.25) is 0 Å². The van der Waals surface area contributed by atoms with Gasteiger partial charge in [0.15, 0.2) is 0 Å². The number of aliphatic hydroxyl groups is 1. The highest BCUT2D eigenvalue weighted by Gasteiger charge is 2.19. The maximum absolute atomic E-state index is 9.96. The molecule has 2 heteroatoms. The quantitative estimate of drug-likeness (QED) is 0.655. The zero-order chi connectivity index (χ0) is 12.6. The molecule has 2 nitrogen and oxygen atoms in total. The molecule has 0 saturated carbocycles. The number of rotatable bonds is 9. The Bertz CT molecular complexity index is 133. The van der Waals surface area contributed by atoms with Crippen LogP contribution in [0.4, 0.5) is 0 Å². The molecule has 0 radical (unpaired) electrons. The predicted octanol–water partition coefficient (Wildman–Crippen LogP) is 3.62. The summed E-state index contributed by atoms with van der Waals surface area (Å²) in [6.07, 6.45) is 4.32.